The van der Waals surface area contributed by atoms with Gasteiger partial charge in [0.2, 0.25) is 17.8 Å². The molecule has 6 aliphatic heterocycles. The molecular formula is C48H50ClN9O5. The number of anilines is 2. The summed E-state index contributed by atoms with van der Waals surface area (Å²) in [6, 6.07) is 21.0. The van der Waals surface area contributed by atoms with Gasteiger partial charge in [0.1, 0.15) is 18.4 Å². The lowest BCUT2D eigenvalue weighted by atomic mass is 9.78. The fourth-order valence-electron chi connectivity index (χ4n) is 10.6. The molecule has 0 aliphatic carbocycles. The number of hydrogen-bond donors (Lipinski definition) is 1. The van der Waals surface area contributed by atoms with Crippen molar-refractivity contribution in [1.29, 1.82) is 0 Å². The molecule has 5 fully saturated rings. The van der Waals surface area contributed by atoms with Crippen molar-refractivity contribution in [1.82, 2.24) is 30.0 Å². The monoisotopic (exact) mass is 867 g/mol. The number of nitrogens with one attached hydrogen (secondary N) is 1. The predicted octanol–water partition coefficient (Wildman–Crippen LogP) is 5.71. The van der Waals surface area contributed by atoms with Gasteiger partial charge in [-0.15, -0.1) is 0 Å². The van der Waals surface area contributed by atoms with Crippen molar-refractivity contribution in [3.8, 4) is 5.75 Å². The number of ether oxygens (including phenoxy) is 1. The maximum absolute atomic E-state index is 13.3. The number of carbonyl (C=O) groups excluding carboxylic acids is 4. The first kappa shape index (κ1) is 41.1. The largest absolute Gasteiger partial charge is 0.487 e. The second-order valence-electron chi connectivity index (χ2n) is 18.5. The number of carbonyl (C=O) groups is 4. The lowest BCUT2D eigenvalue weighted by Crippen LogP contribution is -2.62. The van der Waals surface area contributed by atoms with Crippen molar-refractivity contribution in [3.63, 3.8) is 0 Å². The second-order valence-corrected chi connectivity index (χ2v) is 18.9. The highest BCUT2D eigenvalue weighted by molar-refractivity contribution is 6.31. The van der Waals surface area contributed by atoms with Crippen molar-refractivity contribution < 1.29 is 23.9 Å². The molecule has 0 radical (unpaired) electrons. The van der Waals surface area contributed by atoms with Crippen molar-refractivity contribution in [2.24, 2.45) is 11.8 Å². The maximum atomic E-state index is 13.3. The second kappa shape index (κ2) is 16.3. The normalized spacial score (nSPS) is 23.5. The highest BCUT2D eigenvalue weighted by Crippen LogP contribution is 2.39. The van der Waals surface area contributed by atoms with Crippen LogP contribution in [0.25, 0.3) is 4.85 Å². The minimum Gasteiger partial charge on any atom is -0.487 e. The van der Waals surface area contributed by atoms with Crippen LogP contribution in [0.1, 0.15) is 77.1 Å². The van der Waals surface area contributed by atoms with Gasteiger partial charge in [0.05, 0.1) is 23.4 Å². The summed E-state index contributed by atoms with van der Waals surface area (Å²) in [7, 11) is 0. The van der Waals surface area contributed by atoms with Crippen LogP contribution in [0.3, 0.4) is 0 Å². The summed E-state index contributed by atoms with van der Waals surface area (Å²) in [6.45, 7) is 20.0. The Morgan fingerprint density at radius 1 is 0.794 bits per heavy atom. The highest BCUT2D eigenvalue weighted by Gasteiger charge is 2.46. The Morgan fingerprint density at radius 3 is 2.24 bits per heavy atom. The lowest BCUT2D eigenvalue weighted by molar-refractivity contribution is -0.136. The zero-order valence-corrected chi connectivity index (χ0v) is 36.3. The Morgan fingerprint density at radius 2 is 1.52 bits per heavy atom. The predicted molar refractivity (Wildman–Crippen MR) is 237 cm³/mol. The van der Waals surface area contributed by atoms with Crippen LogP contribution in [0.15, 0.2) is 72.9 Å². The van der Waals surface area contributed by atoms with E-state index in [0.717, 1.165) is 104 Å². The zero-order chi connectivity index (χ0) is 43.6. The molecule has 1 N–H and O–H groups in total. The molecule has 10 rings (SSSR count). The fourth-order valence-corrected chi connectivity index (χ4v) is 10.8. The van der Waals surface area contributed by atoms with E-state index in [1.54, 1.807) is 18.2 Å². The summed E-state index contributed by atoms with van der Waals surface area (Å²) >= 11 is 6.32. The molecule has 15 heteroatoms. The van der Waals surface area contributed by atoms with Crippen LogP contribution < -0.4 is 19.9 Å². The first-order valence-corrected chi connectivity index (χ1v) is 22.4. The molecule has 3 unspecified atom stereocenters. The van der Waals surface area contributed by atoms with E-state index in [1.807, 2.05) is 42.6 Å². The van der Waals surface area contributed by atoms with Gasteiger partial charge in [-0.25, -0.2) is 14.8 Å². The Labute approximate surface area is 372 Å². The van der Waals surface area contributed by atoms with Crippen LogP contribution in [0.5, 0.6) is 5.75 Å². The average molecular weight is 868 g/mol. The number of rotatable bonds is 10. The highest BCUT2D eigenvalue weighted by atomic mass is 35.5. The first-order chi connectivity index (χ1) is 30.4. The number of imide groups is 2. The van der Waals surface area contributed by atoms with Crippen LogP contribution >= 0.6 is 11.6 Å². The van der Waals surface area contributed by atoms with Gasteiger partial charge >= 0.3 is 0 Å². The van der Waals surface area contributed by atoms with Crippen LogP contribution in [0, 0.1) is 18.4 Å². The maximum Gasteiger partial charge on any atom is 0.262 e. The molecule has 324 valence electrons. The zero-order valence-electron chi connectivity index (χ0n) is 35.5. The van der Waals surface area contributed by atoms with E-state index in [2.05, 4.69) is 60.7 Å². The van der Waals surface area contributed by atoms with E-state index in [0.29, 0.717) is 52.4 Å². The molecule has 3 atom stereocenters. The van der Waals surface area contributed by atoms with E-state index in [-0.39, 0.29) is 24.2 Å². The van der Waals surface area contributed by atoms with Crippen molar-refractivity contribution in [3.05, 3.63) is 117 Å². The van der Waals surface area contributed by atoms with Crippen molar-refractivity contribution >= 4 is 52.6 Å². The van der Waals surface area contributed by atoms with Gasteiger partial charge in [0, 0.05) is 93.2 Å². The lowest BCUT2D eigenvalue weighted by Gasteiger charge is -2.49. The topological polar surface area (TPSA) is 136 Å². The number of piperidine rings is 2. The number of aromatic nitrogens is 2. The summed E-state index contributed by atoms with van der Waals surface area (Å²) < 4.78 is 6.18. The molecule has 7 heterocycles. The summed E-state index contributed by atoms with van der Waals surface area (Å²) in [5.74, 6) is 0.796. The number of nitrogens with zero attached hydrogens (tertiary/aromatic N) is 8. The molecular weight excluding hydrogens is 818 g/mol. The van der Waals surface area contributed by atoms with Crippen LogP contribution in [0.2, 0.25) is 5.02 Å². The molecule has 63 heavy (non-hydrogen) atoms. The molecule has 1 aromatic heterocycles. The third-order valence-corrected chi connectivity index (χ3v) is 14.6. The standard InChI is InChI=1S/C48H50ClN9O5/c1-48(2,32-18-33(49)20-35(19-32)50-3)31-4-7-39(8-5-31)63-28-34-12-15-51-47(52-34)57-24-29-22-55(23-30(29)25-57)36-13-16-54(17-14-36)38-26-56(27-38)37-6-9-40-41(21-37)46(62)58(45(40)61)42-10-11-43(59)53-44(42)60/h4-9,12,15,18-21,29-30,36,38,42H,10-11,13-14,16-17,22-28H2,1-2H3,(H,53,59,60). The Balaban J connectivity index is 0.671. The fraction of sp³-hybridized carbons (Fsp3) is 0.438. The minimum atomic E-state index is -0.962. The Kier molecular flexibility index (Phi) is 10.7. The van der Waals surface area contributed by atoms with Gasteiger partial charge < -0.3 is 14.5 Å². The summed E-state index contributed by atoms with van der Waals surface area (Å²) in [5, 5.41) is 2.82. The molecule has 6 aliphatic rings. The van der Waals surface area contributed by atoms with Crippen molar-refractivity contribution in [2.45, 2.75) is 69.7 Å². The van der Waals surface area contributed by atoms with Crippen LogP contribution in [0.4, 0.5) is 17.3 Å². The summed E-state index contributed by atoms with van der Waals surface area (Å²) in [4.78, 5) is 74.7. The van der Waals surface area contributed by atoms with Crippen LogP contribution in [-0.2, 0) is 21.6 Å². The van der Waals surface area contributed by atoms with Crippen molar-refractivity contribution in [2.75, 3.05) is 62.2 Å². The van der Waals surface area contributed by atoms with E-state index in [9.17, 15) is 19.2 Å². The molecule has 0 bridgehead atoms. The molecule has 5 saturated heterocycles. The van der Waals surface area contributed by atoms with Gasteiger partial charge in [-0.3, -0.25) is 39.2 Å². The van der Waals surface area contributed by atoms with E-state index < -0.39 is 23.8 Å². The smallest absolute Gasteiger partial charge is 0.262 e. The quantitative estimate of drug-likeness (QED) is 0.155. The number of hydrogen-bond acceptors (Lipinski definition) is 11. The molecule has 4 aromatic rings. The molecule has 0 saturated carbocycles. The van der Waals surface area contributed by atoms with E-state index >= 15 is 0 Å². The van der Waals surface area contributed by atoms with Gasteiger partial charge in [0.25, 0.3) is 11.8 Å². The summed E-state index contributed by atoms with van der Waals surface area (Å²) in [6.07, 6.45) is 4.39. The van der Waals surface area contributed by atoms with Gasteiger partial charge in [-0.1, -0.05) is 43.6 Å². The minimum absolute atomic E-state index is 0.100. The molecule has 0 spiro atoms. The van der Waals surface area contributed by atoms with E-state index in [1.165, 1.54) is 0 Å². The first-order valence-electron chi connectivity index (χ1n) is 22.0. The summed E-state index contributed by atoms with van der Waals surface area (Å²) in [5.41, 5.74) is 4.66. The number of benzene rings is 3. The molecule has 14 nitrogen and oxygen atoms in total. The van der Waals surface area contributed by atoms with E-state index in [4.69, 9.17) is 27.9 Å². The van der Waals surface area contributed by atoms with Gasteiger partial charge in [0.15, 0.2) is 5.69 Å². The Hall–Kier alpha value is -5.88. The molecule has 4 amide bonds. The van der Waals surface area contributed by atoms with Crippen LogP contribution in [-0.4, -0.2) is 119 Å². The van der Waals surface area contributed by atoms with Gasteiger partial charge in [-0.05, 0) is 90.8 Å². The third kappa shape index (κ3) is 7.81. The Bertz CT molecular complexity index is 2520. The third-order valence-electron chi connectivity index (χ3n) is 14.4. The average Bonchev–Trinajstić information content (AvgIpc) is 3.93. The number of fused-ring (bicyclic) bond motifs is 2. The number of likely N-dealkylation sites (tertiary alicyclic amines) is 2. The number of halogens is 1. The molecule has 3 aromatic carbocycles. The number of amides is 4. The SMILES string of the molecule is [C-]#[N+]c1cc(Cl)cc(C(C)(C)c2ccc(OCc3ccnc(N4CC5CN(C6CCN(C7CN(c8ccc9c(c8)C(=O)N(C8CCC(=O)NC8=O)C9=O)C7)CC6)CC5C4)n3)cc2)c1. The van der Waals surface area contributed by atoms with Gasteiger partial charge in [-0.2, -0.15) is 0 Å².